The lowest BCUT2D eigenvalue weighted by Gasteiger charge is -2.03. The minimum Gasteiger partial charge on any atom is -0.481 e. The molecule has 0 radical (unpaired) electrons. The number of carboxylic acid groups (broad SMARTS) is 1. The van der Waals surface area contributed by atoms with Crippen LogP contribution in [0.2, 0.25) is 0 Å². The van der Waals surface area contributed by atoms with Gasteiger partial charge in [0.25, 0.3) is 0 Å². The van der Waals surface area contributed by atoms with Gasteiger partial charge in [0.15, 0.2) is 0 Å². The number of hydrogen-bond acceptors (Lipinski definition) is 1. The van der Waals surface area contributed by atoms with Crippen LogP contribution in [-0.4, -0.2) is 11.1 Å². The van der Waals surface area contributed by atoms with Crippen molar-refractivity contribution in [2.75, 3.05) is 0 Å². The highest BCUT2D eigenvalue weighted by Crippen LogP contribution is 2.14. The smallest absolute Gasteiger partial charge is 0.303 e. The van der Waals surface area contributed by atoms with Crippen LogP contribution in [-0.2, 0) is 11.2 Å². The van der Waals surface area contributed by atoms with E-state index in [0.29, 0.717) is 0 Å². The summed E-state index contributed by atoms with van der Waals surface area (Å²) >= 11 is 2.30. The second kappa shape index (κ2) is 5.34. The third-order valence-electron chi connectivity index (χ3n) is 2.08. The van der Waals surface area contributed by atoms with E-state index >= 15 is 0 Å². The number of rotatable bonds is 4. The summed E-state index contributed by atoms with van der Waals surface area (Å²) in [7, 11) is 0. The summed E-state index contributed by atoms with van der Waals surface area (Å²) in [5, 5.41) is 8.49. The third-order valence-corrected chi connectivity index (χ3v) is 3.29. The van der Waals surface area contributed by atoms with Crippen molar-refractivity contribution < 1.29 is 9.90 Å². The van der Waals surface area contributed by atoms with Gasteiger partial charge in [0.2, 0.25) is 0 Å². The number of carbonyl (C=O) groups is 1. The first kappa shape index (κ1) is 11.5. The first-order valence-corrected chi connectivity index (χ1v) is 5.64. The van der Waals surface area contributed by atoms with Crippen molar-refractivity contribution in [2.45, 2.75) is 26.2 Å². The summed E-state index contributed by atoms with van der Waals surface area (Å²) < 4.78 is 1.25. The predicted molar refractivity (Wildman–Crippen MR) is 64.5 cm³/mol. The van der Waals surface area contributed by atoms with Crippen LogP contribution in [0.1, 0.15) is 24.0 Å². The number of halogens is 1. The van der Waals surface area contributed by atoms with E-state index in [9.17, 15) is 4.79 Å². The van der Waals surface area contributed by atoms with Gasteiger partial charge in [-0.15, -0.1) is 0 Å². The zero-order valence-corrected chi connectivity index (χ0v) is 10.2. The highest BCUT2D eigenvalue weighted by molar-refractivity contribution is 14.1. The lowest BCUT2D eigenvalue weighted by Crippen LogP contribution is -1.96. The Morgan fingerprint density at radius 3 is 2.79 bits per heavy atom. The Hall–Kier alpha value is -0.580. The molecule has 0 fully saturated rings. The molecule has 1 N–H and O–H groups in total. The van der Waals surface area contributed by atoms with Crippen LogP contribution in [0.5, 0.6) is 0 Å². The molecule has 14 heavy (non-hydrogen) atoms. The normalized spacial score (nSPS) is 10.1. The maximum Gasteiger partial charge on any atom is 0.303 e. The molecule has 1 aromatic rings. The summed E-state index contributed by atoms with van der Waals surface area (Å²) in [6.45, 7) is 2.07. The van der Waals surface area contributed by atoms with E-state index in [0.717, 1.165) is 12.8 Å². The average Bonchev–Trinajstić information content (AvgIpc) is 2.10. The first-order chi connectivity index (χ1) is 6.59. The van der Waals surface area contributed by atoms with Crippen LogP contribution in [0.15, 0.2) is 18.2 Å². The molecular weight excluding hydrogens is 291 g/mol. The number of carboxylic acids is 1. The molecule has 0 aliphatic carbocycles. The fourth-order valence-electron chi connectivity index (χ4n) is 1.31. The van der Waals surface area contributed by atoms with Crippen molar-refractivity contribution in [1.82, 2.24) is 0 Å². The summed E-state index contributed by atoms with van der Waals surface area (Å²) in [6.07, 6.45) is 1.82. The van der Waals surface area contributed by atoms with Gasteiger partial charge < -0.3 is 5.11 Å². The van der Waals surface area contributed by atoms with Crippen LogP contribution in [0, 0.1) is 10.5 Å². The van der Waals surface area contributed by atoms with Crippen molar-refractivity contribution in [3.8, 4) is 0 Å². The quantitative estimate of drug-likeness (QED) is 0.868. The molecule has 0 saturated heterocycles. The molecule has 0 spiro atoms. The van der Waals surface area contributed by atoms with Crippen molar-refractivity contribution in [1.29, 1.82) is 0 Å². The zero-order valence-electron chi connectivity index (χ0n) is 8.09. The van der Waals surface area contributed by atoms with Crippen LogP contribution in [0.25, 0.3) is 0 Å². The molecule has 0 amide bonds. The Kier molecular flexibility index (Phi) is 4.38. The fraction of sp³-hybridized carbons (Fsp3) is 0.364. The minimum absolute atomic E-state index is 0.255. The molecule has 2 nitrogen and oxygen atoms in total. The predicted octanol–water partition coefficient (Wildman–Crippen LogP) is 3.01. The third kappa shape index (κ3) is 3.65. The van der Waals surface area contributed by atoms with Crippen LogP contribution in [0.4, 0.5) is 0 Å². The van der Waals surface area contributed by atoms with Crippen LogP contribution in [0.3, 0.4) is 0 Å². The minimum atomic E-state index is -0.716. The largest absolute Gasteiger partial charge is 0.481 e. The zero-order chi connectivity index (χ0) is 10.6. The Balaban J connectivity index is 2.51. The molecule has 0 heterocycles. The Morgan fingerprint density at radius 1 is 1.50 bits per heavy atom. The number of aliphatic carboxylic acids is 1. The lowest BCUT2D eigenvalue weighted by atomic mass is 10.1. The first-order valence-electron chi connectivity index (χ1n) is 4.56. The van der Waals surface area contributed by atoms with E-state index in [2.05, 4.69) is 47.7 Å². The van der Waals surface area contributed by atoms with Crippen molar-refractivity contribution >= 4 is 28.6 Å². The molecule has 0 saturated carbocycles. The molecule has 0 aromatic heterocycles. The van der Waals surface area contributed by atoms with Gasteiger partial charge in [0, 0.05) is 9.99 Å². The summed E-state index contributed by atoms with van der Waals surface area (Å²) in [6, 6.07) is 6.27. The molecule has 1 aromatic carbocycles. The van der Waals surface area contributed by atoms with E-state index < -0.39 is 5.97 Å². The van der Waals surface area contributed by atoms with Gasteiger partial charge in [-0.1, -0.05) is 12.1 Å². The van der Waals surface area contributed by atoms with E-state index in [1.807, 2.05) is 0 Å². The molecule has 0 aliphatic heterocycles. The average molecular weight is 304 g/mol. The molecule has 3 heteroatoms. The van der Waals surface area contributed by atoms with Crippen LogP contribution < -0.4 is 0 Å². The maximum atomic E-state index is 10.3. The van der Waals surface area contributed by atoms with E-state index in [-0.39, 0.29) is 6.42 Å². The number of benzene rings is 1. The summed E-state index contributed by atoms with van der Waals surface area (Å²) in [5.74, 6) is -0.716. The monoisotopic (exact) mass is 304 g/mol. The second-order valence-corrected chi connectivity index (χ2v) is 4.49. The maximum absolute atomic E-state index is 10.3. The Labute approximate surface area is 97.5 Å². The van der Waals surface area contributed by atoms with Gasteiger partial charge in [-0.3, -0.25) is 4.79 Å². The van der Waals surface area contributed by atoms with Gasteiger partial charge in [0.05, 0.1) is 0 Å². The van der Waals surface area contributed by atoms with Gasteiger partial charge >= 0.3 is 5.97 Å². The second-order valence-electron chi connectivity index (χ2n) is 3.33. The van der Waals surface area contributed by atoms with Gasteiger partial charge in [-0.2, -0.15) is 0 Å². The number of aryl methyl sites for hydroxylation is 2. The lowest BCUT2D eigenvalue weighted by molar-refractivity contribution is -0.137. The van der Waals surface area contributed by atoms with Crippen molar-refractivity contribution in [3.05, 3.63) is 32.9 Å². The van der Waals surface area contributed by atoms with Gasteiger partial charge in [-0.05, 0) is 59.5 Å². The van der Waals surface area contributed by atoms with Gasteiger partial charge in [-0.25, -0.2) is 0 Å². The molecule has 76 valence electrons. The van der Waals surface area contributed by atoms with Crippen molar-refractivity contribution in [3.63, 3.8) is 0 Å². The fourth-order valence-corrected chi connectivity index (χ4v) is 1.64. The molecule has 0 bridgehead atoms. The summed E-state index contributed by atoms with van der Waals surface area (Å²) in [5.41, 5.74) is 2.49. The van der Waals surface area contributed by atoms with E-state index in [4.69, 9.17) is 5.11 Å². The van der Waals surface area contributed by atoms with Crippen LogP contribution >= 0.6 is 22.6 Å². The molecule has 0 atom stereocenters. The van der Waals surface area contributed by atoms with Gasteiger partial charge in [0.1, 0.15) is 0 Å². The topological polar surface area (TPSA) is 37.3 Å². The Bertz CT molecular complexity index is 334. The van der Waals surface area contributed by atoms with Crippen molar-refractivity contribution in [2.24, 2.45) is 0 Å². The highest BCUT2D eigenvalue weighted by Gasteiger charge is 2.00. The molecule has 1 rings (SSSR count). The molecule has 0 aliphatic rings. The van der Waals surface area contributed by atoms with E-state index in [1.165, 1.54) is 14.7 Å². The number of hydrogen-bond donors (Lipinski definition) is 1. The molecular formula is C11H13IO2. The summed E-state index contributed by atoms with van der Waals surface area (Å²) in [4.78, 5) is 10.3. The van der Waals surface area contributed by atoms with E-state index in [1.54, 1.807) is 0 Å². The molecule has 0 unspecified atom stereocenters. The SMILES string of the molecule is Cc1cc(CCCC(=O)O)ccc1I. The Morgan fingerprint density at radius 2 is 2.21 bits per heavy atom. The highest BCUT2D eigenvalue weighted by atomic mass is 127. The standard InChI is InChI=1S/C11H13IO2/c1-8-7-9(5-6-10(8)12)3-2-4-11(13)14/h5-7H,2-4H2,1H3,(H,13,14).